The van der Waals surface area contributed by atoms with Crippen LogP contribution in [0.3, 0.4) is 0 Å². The van der Waals surface area contributed by atoms with Gasteiger partial charge in [0.15, 0.2) is 0 Å². The van der Waals surface area contributed by atoms with Gasteiger partial charge >= 0.3 is 0 Å². The molecule has 1 N–H and O–H groups in total. The van der Waals surface area contributed by atoms with Crippen molar-refractivity contribution in [3.8, 4) is 0 Å². The molecule has 0 unspecified atom stereocenters. The van der Waals surface area contributed by atoms with E-state index in [0.29, 0.717) is 19.3 Å². The number of Topliss-reactive ketones (excluding diaryl/α,β-unsaturated/α-hetero) is 1. The van der Waals surface area contributed by atoms with Crippen LogP contribution in [0.1, 0.15) is 30.9 Å². The van der Waals surface area contributed by atoms with E-state index in [1.807, 2.05) is 61.5 Å². The minimum absolute atomic E-state index is 0.0680. The highest BCUT2D eigenvalue weighted by Crippen LogP contribution is 2.17. The lowest BCUT2D eigenvalue weighted by molar-refractivity contribution is -0.118. The van der Waals surface area contributed by atoms with Gasteiger partial charge in [-0.2, -0.15) is 0 Å². The van der Waals surface area contributed by atoms with Crippen LogP contribution >= 0.6 is 0 Å². The maximum absolute atomic E-state index is 12.1. The molecular formula is C19H21NO2. The zero-order valence-electron chi connectivity index (χ0n) is 12.8. The molecule has 0 aliphatic carbocycles. The van der Waals surface area contributed by atoms with Crippen molar-refractivity contribution in [2.75, 3.05) is 5.32 Å². The van der Waals surface area contributed by atoms with Crippen LogP contribution in [-0.4, -0.2) is 11.7 Å². The van der Waals surface area contributed by atoms with E-state index in [2.05, 4.69) is 5.32 Å². The highest BCUT2D eigenvalue weighted by Gasteiger charge is 2.10. The molecule has 0 radical (unpaired) electrons. The highest BCUT2D eigenvalue weighted by molar-refractivity contribution is 5.94. The highest BCUT2D eigenvalue weighted by atomic mass is 16.1. The van der Waals surface area contributed by atoms with Gasteiger partial charge in [-0.15, -0.1) is 0 Å². The van der Waals surface area contributed by atoms with Crippen LogP contribution in [-0.2, 0) is 22.4 Å². The minimum Gasteiger partial charge on any atom is -0.326 e. The molecular weight excluding hydrogens is 274 g/mol. The lowest BCUT2D eigenvalue weighted by atomic mass is 10.0. The molecule has 2 aromatic rings. The number of nitrogens with one attached hydrogen (secondary N) is 1. The lowest BCUT2D eigenvalue weighted by Gasteiger charge is -2.10. The lowest BCUT2D eigenvalue weighted by Crippen LogP contribution is -2.16. The van der Waals surface area contributed by atoms with Gasteiger partial charge in [0.1, 0.15) is 5.78 Å². The van der Waals surface area contributed by atoms with Crippen LogP contribution < -0.4 is 5.32 Å². The molecule has 0 aliphatic rings. The van der Waals surface area contributed by atoms with Gasteiger partial charge < -0.3 is 5.32 Å². The van der Waals surface area contributed by atoms with Gasteiger partial charge in [-0.05, 0) is 23.6 Å². The Bertz CT molecular complexity index is 635. The topological polar surface area (TPSA) is 46.2 Å². The molecule has 22 heavy (non-hydrogen) atoms. The van der Waals surface area contributed by atoms with Gasteiger partial charge in [-0.3, -0.25) is 9.59 Å². The van der Waals surface area contributed by atoms with Crippen molar-refractivity contribution in [2.45, 2.75) is 32.6 Å². The van der Waals surface area contributed by atoms with Crippen molar-refractivity contribution >= 4 is 17.4 Å². The maximum atomic E-state index is 12.1. The molecule has 0 aromatic heterocycles. The first-order valence-corrected chi connectivity index (χ1v) is 7.62. The number of amides is 1. The molecule has 0 spiro atoms. The summed E-state index contributed by atoms with van der Waals surface area (Å²) in [7, 11) is 0. The van der Waals surface area contributed by atoms with E-state index in [1.54, 1.807) is 0 Å². The number of carbonyl (C=O) groups is 2. The Hall–Kier alpha value is -2.42. The van der Waals surface area contributed by atoms with Crippen molar-refractivity contribution in [2.24, 2.45) is 0 Å². The number of para-hydroxylation sites is 1. The Morgan fingerprint density at radius 2 is 1.59 bits per heavy atom. The number of anilines is 1. The van der Waals surface area contributed by atoms with Gasteiger partial charge in [0, 0.05) is 18.5 Å². The average Bonchev–Trinajstić information content (AvgIpc) is 2.50. The largest absolute Gasteiger partial charge is 0.326 e. The van der Waals surface area contributed by atoms with Crippen molar-refractivity contribution in [3.63, 3.8) is 0 Å². The van der Waals surface area contributed by atoms with Gasteiger partial charge in [-0.25, -0.2) is 0 Å². The Kier molecular flexibility index (Phi) is 5.90. The fourth-order valence-electron chi connectivity index (χ4n) is 2.35. The predicted molar refractivity (Wildman–Crippen MR) is 88.8 cm³/mol. The van der Waals surface area contributed by atoms with E-state index in [9.17, 15) is 9.59 Å². The van der Waals surface area contributed by atoms with E-state index in [4.69, 9.17) is 0 Å². The van der Waals surface area contributed by atoms with Crippen LogP contribution in [0.25, 0.3) is 0 Å². The molecule has 0 fully saturated rings. The molecule has 1 amide bonds. The second kappa shape index (κ2) is 8.13. The molecule has 2 aromatic carbocycles. The molecule has 3 nitrogen and oxygen atoms in total. The summed E-state index contributed by atoms with van der Waals surface area (Å²) in [5.41, 5.74) is 2.58. The molecule has 0 heterocycles. The Morgan fingerprint density at radius 3 is 2.32 bits per heavy atom. The van der Waals surface area contributed by atoms with Crippen LogP contribution in [0, 0.1) is 0 Å². The Morgan fingerprint density at radius 1 is 0.909 bits per heavy atom. The summed E-state index contributed by atoms with van der Waals surface area (Å²) in [5, 5.41) is 2.92. The summed E-state index contributed by atoms with van der Waals surface area (Å²) in [4.78, 5) is 24.0. The summed E-state index contributed by atoms with van der Waals surface area (Å²) in [6, 6.07) is 17.1. The average molecular weight is 295 g/mol. The third-order valence-electron chi connectivity index (χ3n) is 3.42. The monoisotopic (exact) mass is 295 g/mol. The van der Waals surface area contributed by atoms with Gasteiger partial charge in [-0.1, -0.05) is 55.5 Å². The third-order valence-corrected chi connectivity index (χ3v) is 3.42. The summed E-state index contributed by atoms with van der Waals surface area (Å²) in [6.45, 7) is 1.99. The second-order valence-corrected chi connectivity index (χ2v) is 5.33. The zero-order valence-corrected chi connectivity index (χ0v) is 12.8. The Labute approximate surface area is 131 Å². The molecule has 0 saturated carbocycles. The summed E-state index contributed by atoms with van der Waals surface area (Å²) in [6.07, 6.45) is 2.13. The van der Waals surface area contributed by atoms with E-state index in [-0.39, 0.29) is 11.7 Å². The third kappa shape index (κ3) is 4.85. The first kappa shape index (κ1) is 16.0. The Balaban J connectivity index is 2.03. The molecule has 114 valence electrons. The molecule has 2 rings (SSSR count). The van der Waals surface area contributed by atoms with Crippen molar-refractivity contribution < 1.29 is 9.59 Å². The van der Waals surface area contributed by atoms with E-state index >= 15 is 0 Å². The molecule has 3 heteroatoms. The van der Waals surface area contributed by atoms with E-state index in [1.165, 1.54) is 0 Å². The van der Waals surface area contributed by atoms with Crippen molar-refractivity contribution in [3.05, 3.63) is 65.7 Å². The number of carbonyl (C=O) groups excluding carboxylic acids is 2. The number of hydrogen-bond donors (Lipinski definition) is 1. The van der Waals surface area contributed by atoms with Crippen LogP contribution in [0.2, 0.25) is 0 Å². The fourth-order valence-corrected chi connectivity index (χ4v) is 2.35. The van der Waals surface area contributed by atoms with Gasteiger partial charge in [0.05, 0.1) is 6.42 Å². The standard InChI is InChI=1S/C19H21NO2/c1-2-8-17(21)14-16-11-6-7-12-18(16)20-19(22)13-15-9-4-3-5-10-15/h3-7,9-12H,2,8,13-14H2,1H3,(H,20,22). The van der Waals surface area contributed by atoms with E-state index < -0.39 is 0 Å². The van der Waals surface area contributed by atoms with Crippen molar-refractivity contribution in [1.82, 2.24) is 0 Å². The van der Waals surface area contributed by atoms with Crippen molar-refractivity contribution in [1.29, 1.82) is 0 Å². The zero-order chi connectivity index (χ0) is 15.8. The smallest absolute Gasteiger partial charge is 0.228 e. The molecule has 0 atom stereocenters. The van der Waals surface area contributed by atoms with Crippen LogP contribution in [0.15, 0.2) is 54.6 Å². The number of ketones is 1. The first-order chi connectivity index (χ1) is 10.7. The molecule has 0 aliphatic heterocycles. The number of rotatable bonds is 7. The first-order valence-electron chi connectivity index (χ1n) is 7.62. The van der Waals surface area contributed by atoms with Gasteiger partial charge in [0.25, 0.3) is 0 Å². The van der Waals surface area contributed by atoms with Crippen LogP contribution in [0.5, 0.6) is 0 Å². The maximum Gasteiger partial charge on any atom is 0.228 e. The molecule has 0 saturated heterocycles. The fraction of sp³-hybridized carbons (Fsp3) is 0.263. The summed E-state index contributed by atoms with van der Waals surface area (Å²) >= 11 is 0. The second-order valence-electron chi connectivity index (χ2n) is 5.33. The SMILES string of the molecule is CCCC(=O)Cc1ccccc1NC(=O)Cc1ccccc1. The predicted octanol–water partition coefficient (Wildman–Crippen LogP) is 3.78. The van der Waals surface area contributed by atoms with Crippen LogP contribution in [0.4, 0.5) is 5.69 Å². The van der Waals surface area contributed by atoms with E-state index in [0.717, 1.165) is 23.2 Å². The van der Waals surface area contributed by atoms with Gasteiger partial charge in [0.2, 0.25) is 5.91 Å². The quantitative estimate of drug-likeness (QED) is 0.845. The number of benzene rings is 2. The summed E-state index contributed by atoms with van der Waals surface area (Å²) in [5.74, 6) is 0.133. The number of hydrogen-bond acceptors (Lipinski definition) is 2. The minimum atomic E-state index is -0.0680. The molecule has 0 bridgehead atoms. The summed E-state index contributed by atoms with van der Waals surface area (Å²) < 4.78 is 0. The normalized spacial score (nSPS) is 10.2.